The van der Waals surface area contributed by atoms with Crippen LogP contribution in [-0.2, 0) is 24.2 Å². The first-order valence-corrected chi connectivity index (χ1v) is 12.4. The van der Waals surface area contributed by atoms with Crippen molar-refractivity contribution in [3.05, 3.63) is 65.1 Å². The molecule has 0 spiro atoms. The standard InChI is InChI=1S/C28H34N4O3/c1-18-7-8-22(13-26(18)34-4)28(33)29-14-23-12-21(24-17-31-11-5-6-27(31)30-24)9-10-25(23)32-15-19(2)35-20(3)16-32/h7-10,12-13,17,19-20H,5-6,11,14-16H2,1-4H3,(H,29,33). The molecule has 2 aromatic carbocycles. The van der Waals surface area contributed by atoms with Crippen LogP contribution in [0.1, 0.15) is 47.6 Å². The van der Waals surface area contributed by atoms with E-state index in [0.29, 0.717) is 17.9 Å². The normalized spacial score (nSPS) is 19.5. The van der Waals surface area contributed by atoms with Crippen LogP contribution in [0.5, 0.6) is 5.75 Å². The number of imidazole rings is 1. The second kappa shape index (κ2) is 9.74. The van der Waals surface area contributed by atoms with Crippen molar-refractivity contribution < 1.29 is 14.3 Å². The van der Waals surface area contributed by atoms with Crippen molar-refractivity contribution in [1.82, 2.24) is 14.9 Å². The number of amides is 1. The molecule has 1 N–H and O–H groups in total. The van der Waals surface area contributed by atoms with E-state index in [9.17, 15) is 4.79 Å². The number of rotatable bonds is 6. The molecule has 2 atom stereocenters. The number of aryl methyl sites for hydroxylation is 3. The molecule has 1 amide bonds. The Morgan fingerprint density at radius 2 is 1.97 bits per heavy atom. The first-order valence-electron chi connectivity index (χ1n) is 12.4. The van der Waals surface area contributed by atoms with Crippen molar-refractivity contribution in [2.45, 2.75) is 58.9 Å². The van der Waals surface area contributed by atoms with Crippen LogP contribution in [0.3, 0.4) is 0 Å². The summed E-state index contributed by atoms with van der Waals surface area (Å²) in [5, 5.41) is 3.13. The van der Waals surface area contributed by atoms with Gasteiger partial charge in [0, 0.05) is 55.6 Å². The minimum Gasteiger partial charge on any atom is -0.496 e. The molecule has 0 bridgehead atoms. The highest BCUT2D eigenvalue weighted by atomic mass is 16.5. The minimum absolute atomic E-state index is 0.121. The van der Waals surface area contributed by atoms with E-state index in [-0.39, 0.29) is 18.1 Å². The van der Waals surface area contributed by atoms with Gasteiger partial charge in [-0.2, -0.15) is 0 Å². The molecule has 7 nitrogen and oxygen atoms in total. The summed E-state index contributed by atoms with van der Waals surface area (Å²) < 4.78 is 13.6. The van der Waals surface area contributed by atoms with Crippen LogP contribution >= 0.6 is 0 Å². The van der Waals surface area contributed by atoms with E-state index < -0.39 is 0 Å². The number of hydrogen-bond acceptors (Lipinski definition) is 5. The highest BCUT2D eigenvalue weighted by Crippen LogP contribution is 2.31. The Kier molecular flexibility index (Phi) is 6.52. The highest BCUT2D eigenvalue weighted by molar-refractivity contribution is 5.94. The lowest BCUT2D eigenvalue weighted by atomic mass is 10.0. The van der Waals surface area contributed by atoms with E-state index in [1.165, 1.54) is 0 Å². The summed E-state index contributed by atoms with van der Waals surface area (Å²) in [5.41, 5.74) is 5.86. The first-order chi connectivity index (χ1) is 16.9. The number of fused-ring (bicyclic) bond motifs is 1. The third-order valence-corrected chi connectivity index (χ3v) is 6.90. The van der Waals surface area contributed by atoms with E-state index in [2.05, 4.69) is 53.0 Å². The summed E-state index contributed by atoms with van der Waals surface area (Å²) in [7, 11) is 1.62. The molecule has 0 aliphatic carbocycles. The van der Waals surface area contributed by atoms with E-state index in [1.807, 2.05) is 19.1 Å². The Hall–Kier alpha value is -3.32. The van der Waals surface area contributed by atoms with E-state index in [4.69, 9.17) is 14.5 Å². The van der Waals surface area contributed by atoms with Crippen molar-refractivity contribution in [3.63, 3.8) is 0 Å². The van der Waals surface area contributed by atoms with Crippen LogP contribution in [0.25, 0.3) is 11.3 Å². The second-order valence-corrected chi connectivity index (χ2v) is 9.71. The number of nitrogens with one attached hydrogen (secondary N) is 1. The molecule has 1 fully saturated rings. The fourth-order valence-electron chi connectivity index (χ4n) is 5.20. The molecule has 5 rings (SSSR count). The van der Waals surface area contributed by atoms with Crippen molar-refractivity contribution >= 4 is 11.6 Å². The monoisotopic (exact) mass is 474 g/mol. The third kappa shape index (κ3) is 4.91. The molecule has 0 saturated carbocycles. The van der Waals surface area contributed by atoms with Gasteiger partial charge in [-0.3, -0.25) is 4.79 Å². The summed E-state index contributed by atoms with van der Waals surface area (Å²) in [4.78, 5) is 20.3. The summed E-state index contributed by atoms with van der Waals surface area (Å²) in [6.45, 7) is 9.27. The Morgan fingerprint density at radius 1 is 1.17 bits per heavy atom. The largest absolute Gasteiger partial charge is 0.496 e. The number of nitrogens with zero attached hydrogens (tertiary/aromatic N) is 3. The van der Waals surface area contributed by atoms with Crippen LogP contribution in [0.15, 0.2) is 42.6 Å². The van der Waals surface area contributed by atoms with Gasteiger partial charge < -0.3 is 24.3 Å². The predicted molar refractivity (Wildman–Crippen MR) is 137 cm³/mol. The summed E-state index contributed by atoms with van der Waals surface area (Å²) >= 11 is 0. The molecule has 2 aliphatic heterocycles. The fraction of sp³-hybridized carbons (Fsp3) is 0.429. The molecule has 0 radical (unpaired) electrons. The number of carbonyl (C=O) groups excluding carboxylic acids is 1. The molecule has 184 valence electrons. The SMILES string of the molecule is COc1cc(C(=O)NCc2cc(-c3cn4c(n3)CCC4)ccc2N2CC(C)OC(C)C2)ccc1C. The Balaban J connectivity index is 1.43. The minimum atomic E-state index is -0.121. The molecule has 3 heterocycles. The lowest BCUT2D eigenvalue weighted by Crippen LogP contribution is -2.46. The fourth-order valence-corrected chi connectivity index (χ4v) is 5.20. The average molecular weight is 475 g/mol. The molecular weight excluding hydrogens is 440 g/mol. The van der Waals surface area contributed by atoms with Gasteiger partial charge in [0.2, 0.25) is 0 Å². The first kappa shape index (κ1) is 23.4. The molecule has 1 saturated heterocycles. The zero-order valence-corrected chi connectivity index (χ0v) is 21.0. The molecule has 7 heteroatoms. The van der Waals surface area contributed by atoms with Gasteiger partial charge in [0.25, 0.3) is 5.91 Å². The maximum Gasteiger partial charge on any atom is 0.251 e. The van der Waals surface area contributed by atoms with Crippen molar-refractivity contribution in [3.8, 4) is 17.0 Å². The van der Waals surface area contributed by atoms with E-state index in [1.54, 1.807) is 13.2 Å². The van der Waals surface area contributed by atoms with Gasteiger partial charge in [-0.25, -0.2) is 4.98 Å². The van der Waals surface area contributed by atoms with Gasteiger partial charge in [0.05, 0.1) is 25.0 Å². The maximum absolute atomic E-state index is 13.0. The second-order valence-electron chi connectivity index (χ2n) is 9.71. The molecule has 2 unspecified atom stereocenters. The Morgan fingerprint density at radius 3 is 2.71 bits per heavy atom. The molecular formula is C28H34N4O3. The van der Waals surface area contributed by atoms with Gasteiger partial charge in [0.15, 0.2) is 0 Å². The van der Waals surface area contributed by atoms with Crippen molar-refractivity contribution in [2.75, 3.05) is 25.1 Å². The number of ether oxygens (including phenoxy) is 2. The zero-order valence-electron chi connectivity index (χ0n) is 21.0. The quantitative estimate of drug-likeness (QED) is 0.575. The van der Waals surface area contributed by atoms with Crippen molar-refractivity contribution in [2.24, 2.45) is 0 Å². The van der Waals surface area contributed by atoms with E-state index >= 15 is 0 Å². The van der Waals surface area contributed by atoms with Crippen LogP contribution in [0.4, 0.5) is 5.69 Å². The van der Waals surface area contributed by atoms with Crippen molar-refractivity contribution in [1.29, 1.82) is 0 Å². The summed E-state index contributed by atoms with van der Waals surface area (Å²) in [5.74, 6) is 1.75. The highest BCUT2D eigenvalue weighted by Gasteiger charge is 2.25. The Bertz CT molecular complexity index is 1200. The van der Waals surface area contributed by atoms with Crippen LogP contribution in [0.2, 0.25) is 0 Å². The zero-order chi connectivity index (χ0) is 24.5. The number of methoxy groups -OCH3 is 1. The molecule has 3 aromatic rings. The number of morpholine rings is 1. The lowest BCUT2D eigenvalue weighted by Gasteiger charge is -2.38. The summed E-state index contributed by atoms with van der Waals surface area (Å²) in [6, 6.07) is 12.0. The average Bonchev–Trinajstić information content (AvgIpc) is 3.45. The Labute approximate surface area is 207 Å². The smallest absolute Gasteiger partial charge is 0.251 e. The van der Waals surface area contributed by atoms with Gasteiger partial charge in [0.1, 0.15) is 11.6 Å². The molecule has 2 aliphatic rings. The number of benzene rings is 2. The van der Waals surface area contributed by atoms with Gasteiger partial charge in [-0.1, -0.05) is 12.1 Å². The number of hydrogen-bond donors (Lipinski definition) is 1. The number of carbonyl (C=O) groups is 1. The topological polar surface area (TPSA) is 68.6 Å². The maximum atomic E-state index is 13.0. The predicted octanol–water partition coefficient (Wildman–Crippen LogP) is 4.36. The van der Waals surface area contributed by atoms with Crippen LogP contribution in [0, 0.1) is 6.92 Å². The molecule has 35 heavy (non-hydrogen) atoms. The van der Waals surface area contributed by atoms with E-state index in [0.717, 1.165) is 66.4 Å². The third-order valence-electron chi connectivity index (χ3n) is 6.90. The van der Waals surface area contributed by atoms with Gasteiger partial charge in [-0.15, -0.1) is 0 Å². The van der Waals surface area contributed by atoms with Gasteiger partial charge in [-0.05, 0) is 62.6 Å². The number of anilines is 1. The van der Waals surface area contributed by atoms with Gasteiger partial charge >= 0.3 is 0 Å². The molecule has 1 aromatic heterocycles. The number of aromatic nitrogens is 2. The van der Waals surface area contributed by atoms with Crippen LogP contribution in [-0.4, -0.2) is 47.9 Å². The van der Waals surface area contributed by atoms with Crippen LogP contribution < -0.4 is 15.0 Å². The summed E-state index contributed by atoms with van der Waals surface area (Å²) in [6.07, 6.45) is 4.65. The lowest BCUT2D eigenvalue weighted by molar-refractivity contribution is -0.00527.